The highest BCUT2D eigenvalue weighted by Gasteiger charge is 2.25. The number of hydrogen-bond acceptors (Lipinski definition) is 8. The fourth-order valence-electron chi connectivity index (χ4n) is 4.61. The summed E-state index contributed by atoms with van der Waals surface area (Å²) in [4.78, 5) is 30.2. The summed E-state index contributed by atoms with van der Waals surface area (Å²) >= 11 is 0. The van der Waals surface area contributed by atoms with Crippen molar-refractivity contribution in [2.45, 2.75) is 20.3 Å². The van der Waals surface area contributed by atoms with Gasteiger partial charge in [-0.05, 0) is 37.6 Å². The Kier molecular flexibility index (Phi) is 9.20. The third-order valence-corrected chi connectivity index (χ3v) is 7.32. The summed E-state index contributed by atoms with van der Waals surface area (Å²) in [6, 6.07) is 8.41. The average molecular weight is 556 g/mol. The van der Waals surface area contributed by atoms with Gasteiger partial charge in [-0.3, -0.25) is 9.69 Å². The van der Waals surface area contributed by atoms with Crippen LogP contribution in [0.25, 0.3) is 22.4 Å². The minimum absolute atomic E-state index is 0.00826. The molecule has 3 heterocycles. The van der Waals surface area contributed by atoms with Crippen molar-refractivity contribution in [1.29, 1.82) is 0 Å². The van der Waals surface area contributed by atoms with Crippen LogP contribution in [0.3, 0.4) is 0 Å². The van der Waals surface area contributed by atoms with Gasteiger partial charge in [0.05, 0.1) is 23.2 Å². The zero-order valence-electron chi connectivity index (χ0n) is 22.4. The van der Waals surface area contributed by atoms with Gasteiger partial charge in [-0.2, -0.15) is 0 Å². The van der Waals surface area contributed by atoms with Crippen LogP contribution in [-0.4, -0.2) is 91.1 Å². The number of aromatic nitrogens is 3. The first-order valence-electron chi connectivity index (χ1n) is 13.0. The lowest BCUT2D eigenvalue weighted by molar-refractivity contribution is 0.0635. The van der Waals surface area contributed by atoms with Crippen molar-refractivity contribution in [1.82, 2.24) is 29.5 Å². The van der Waals surface area contributed by atoms with Crippen LogP contribution >= 0.6 is 0 Å². The number of anilines is 1. The Balaban J connectivity index is 1.51. The van der Waals surface area contributed by atoms with Gasteiger partial charge < -0.3 is 10.2 Å². The molecule has 39 heavy (non-hydrogen) atoms. The van der Waals surface area contributed by atoms with Crippen molar-refractivity contribution in [2.75, 3.05) is 57.4 Å². The van der Waals surface area contributed by atoms with Crippen LogP contribution in [0.4, 0.5) is 10.2 Å². The van der Waals surface area contributed by atoms with Gasteiger partial charge in [0.2, 0.25) is 10.0 Å². The molecule has 0 spiro atoms. The van der Waals surface area contributed by atoms with Crippen LogP contribution in [0, 0.1) is 5.82 Å². The van der Waals surface area contributed by atoms with E-state index in [2.05, 4.69) is 29.9 Å². The second-order valence-electron chi connectivity index (χ2n) is 9.35. The first-order chi connectivity index (χ1) is 18.7. The van der Waals surface area contributed by atoms with Crippen LogP contribution in [0.15, 0.2) is 42.9 Å². The number of rotatable bonds is 10. The lowest BCUT2D eigenvalue weighted by Crippen LogP contribution is -2.50. The Labute approximate surface area is 228 Å². The normalized spacial score (nSPS) is 14.4. The van der Waals surface area contributed by atoms with Crippen LogP contribution in [0.2, 0.25) is 0 Å². The van der Waals surface area contributed by atoms with Gasteiger partial charge in [0.25, 0.3) is 5.91 Å². The zero-order valence-corrected chi connectivity index (χ0v) is 23.3. The third-order valence-electron chi connectivity index (χ3n) is 6.60. The van der Waals surface area contributed by atoms with Crippen LogP contribution < -0.4 is 10.0 Å². The summed E-state index contributed by atoms with van der Waals surface area (Å²) in [6.45, 7) is 7.66. The van der Waals surface area contributed by atoms with E-state index in [1.54, 1.807) is 17.2 Å². The minimum Gasteiger partial charge on any atom is -0.370 e. The van der Waals surface area contributed by atoms with E-state index in [0.717, 1.165) is 35.4 Å². The number of nitrogens with one attached hydrogen (secondary N) is 2. The van der Waals surface area contributed by atoms with Crippen LogP contribution in [-0.2, 0) is 16.4 Å². The number of carbonyl (C=O) groups excluding carboxylic acids is 1. The van der Waals surface area contributed by atoms with Gasteiger partial charge in [0.15, 0.2) is 0 Å². The highest BCUT2D eigenvalue weighted by Crippen LogP contribution is 2.33. The zero-order chi connectivity index (χ0) is 28.0. The fraction of sp³-hybridized carbons (Fsp3) is 0.407. The van der Waals surface area contributed by atoms with E-state index in [-0.39, 0.29) is 11.5 Å². The Bertz CT molecular complexity index is 1410. The third kappa shape index (κ3) is 7.14. The molecular weight excluding hydrogens is 521 g/mol. The molecule has 10 nitrogen and oxygen atoms in total. The smallest absolute Gasteiger partial charge is 0.256 e. The molecule has 0 bridgehead atoms. The number of hydrogen-bond donors (Lipinski definition) is 2. The second-order valence-corrected chi connectivity index (χ2v) is 11.2. The lowest BCUT2D eigenvalue weighted by atomic mass is 9.96. The molecule has 12 heteroatoms. The Hall–Kier alpha value is -3.48. The molecule has 1 aromatic carbocycles. The first-order valence-corrected chi connectivity index (χ1v) is 14.9. The number of piperazine rings is 1. The van der Waals surface area contributed by atoms with Crippen molar-refractivity contribution < 1.29 is 17.6 Å². The number of carbonyl (C=O) groups is 1. The average Bonchev–Trinajstić information content (AvgIpc) is 2.92. The summed E-state index contributed by atoms with van der Waals surface area (Å²) in [5.74, 6) is -0.216. The van der Waals surface area contributed by atoms with E-state index in [9.17, 15) is 13.2 Å². The predicted octanol–water partition coefficient (Wildman–Crippen LogP) is 2.65. The van der Waals surface area contributed by atoms with Crippen molar-refractivity contribution in [2.24, 2.45) is 0 Å². The summed E-state index contributed by atoms with van der Waals surface area (Å²) in [5.41, 5.74) is 3.58. The molecule has 1 fully saturated rings. The quantitative estimate of drug-likeness (QED) is 0.392. The fourth-order valence-corrected chi connectivity index (χ4v) is 5.07. The molecule has 2 aromatic heterocycles. The van der Waals surface area contributed by atoms with Crippen LogP contribution in [0.1, 0.15) is 29.9 Å². The maximum Gasteiger partial charge on any atom is 0.256 e. The van der Waals surface area contributed by atoms with E-state index < -0.39 is 15.8 Å². The standard InChI is InChI=1S/C27H34FN7O3S/c1-4-23-25(20-7-9-24(29-5-2)30-17-20)26(32-18-31-23)19-6-8-21(22(28)16-19)27(36)35-14-12-34(13-15-35)11-10-33-39(3,37)38/h6-9,16-18,33H,4-5,10-15H2,1-3H3,(H,29,30). The molecule has 0 radical (unpaired) electrons. The number of halogens is 1. The number of sulfonamides is 1. The maximum absolute atomic E-state index is 15.4. The molecule has 3 aromatic rings. The molecule has 1 saturated heterocycles. The van der Waals surface area contributed by atoms with Crippen molar-refractivity contribution in [3.63, 3.8) is 0 Å². The highest BCUT2D eigenvalue weighted by molar-refractivity contribution is 7.88. The maximum atomic E-state index is 15.4. The molecule has 1 aliphatic rings. The van der Waals surface area contributed by atoms with Gasteiger partial charge in [-0.15, -0.1) is 0 Å². The summed E-state index contributed by atoms with van der Waals surface area (Å²) in [7, 11) is -3.24. The van der Waals surface area contributed by atoms with E-state index in [0.29, 0.717) is 56.9 Å². The first kappa shape index (κ1) is 28.5. The summed E-state index contributed by atoms with van der Waals surface area (Å²) in [5, 5.41) is 3.17. The van der Waals surface area contributed by atoms with Gasteiger partial charge in [-0.25, -0.2) is 32.5 Å². The molecule has 0 aliphatic carbocycles. The molecule has 0 atom stereocenters. The molecule has 1 amide bonds. The molecule has 4 rings (SSSR count). The molecular formula is C27H34FN7O3S. The Morgan fingerprint density at radius 2 is 1.77 bits per heavy atom. The minimum atomic E-state index is -3.24. The number of nitrogens with zero attached hydrogens (tertiary/aromatic N) is 5. The van der Waals surface area contributed by atoms with E-state index >= 15 is 4.39 Å². The summed E-state index contributed by atoms with van der Waals surface area (Å²) in [6.07, 6.45) is 5.01. The molecule has 2 N–H and O–H groups in total. The predicted molar refractivity (Wildman–Crippen MR) is 149 cm³/mol. The molecule has 208 valence electrons. The Morgan fingerprint density at radius 1 is 1.03 bits per heavy atom. The highest BCUT2D eigenvalue weighted by atomic mass is 32.2. The van der Waals surface area contributed by atoms with Gasteiger partial charge >= 0.3 is 0 Å². The number of aryl methyl sites for hydroxylation is 1. The molecule has 0 saturated carbocycles. The van der Waals surface area contributed by atoms with Gasteiger partial charge in [0, 0.05) is 68.7 Å². The number of pyridine rings is 1. The molecule has 0 unspecified atom stereocenters. The lowest BCUT2D eigenvalue weighted by Gasteiger charge is -2.34. The summed E-state index contributed by atoms with van der Waals surface area (Å²) < 4.78 is 40.3. The van der Waals surface area contributed by atoms with Gasteiger partial charge in [-0.1, -0.05) is 13.0 Å². The second kappa shape index (κ2) is 12.6. The van der Waals surface area contributed by atoms with E-state index in [1.807, 2.05) is 26.0 Å². The van der Waals surface area contributed by atoms with Crippen molar-refractivity contribution >= 4 is 21.7 Å². The SMILES string of the molecule is CCNc1ccc(-c2c(CC)ncnc2-c2ccc(C(=O)N3CCN(CCNS(C)(=O)=O)CC3)c(F)c2)cn1. The molecule has 1 aliphatic heterocycles. The van der Waals surface area contributed by atoms with Gasteiger partial charge in [0.1, 0.15) is 18.0 Å². The van der Waals surface area contributed by atoms with E-state index in [1.165, 1.54) is 18.5 Å². The number of amides is 1. The largest absolute Gasteiger partial charge is 0.370 e. The van der Waals surface area contributed by atoms with Crippen molar-refractivity contribution in [3.05, 3.63) is 59.9 Å². The van der Waals surface area contributed by atoms with Crippen molar-refractivity contribution in [3.8, 4) is 22.4 Å². The topological polar surface area (TPSA) is 120 Å². The van der Waals surface area contributed by atoms with E-state index in [4.69, 9.17) is 0 Å². The van der Waals surface area contributed by atoms with Crippen LogP contribution in [0.5, 0.6) is 0 Å². The Morgan fingerprint density at radius 3 is 2.38 bits per heavy atom. The number of benzene rings is 1. The monoisotopic (exact) mass is 555 g/mol.